The summed E-state index contributed by atoms with van der Waals surface area (Å²) in [5.41, 5.74) is 1.79. The first-order valence-electron chi connectivity index (χ1n) is 8.64. The minimum atomic E-state index is -0.889. The molecule has 0 fully saturated rings. The Bertz CT molecular complexity index is 806. The SMILES string of the molecule is CCCCOc1cccc(C(=O)NC(=S)Nc2ccc(CC(=O)O)cc2)c1. The Morgan fingerprint density at radius 3 is 2.56 bits per heavy atom. The molecule has 0 saturated heterocycles. The van der Waals surface area contributed by atoms with Crippen LogP contribution in [-0.4, -0.2) is 28.7 Å². The number of aliphatic carboxylic acids is 1. The zero-order chi connectivity index (χ0) is 19.6. The van der Waals surface area contributed by atoms with Crippen LogP contribution in [0, 0.1) is 0 Å². The fraction of sp³-hybridized carbons (Fsp3) is 0.250. The van der Waals surface area contributed by atoms with Gasteiger partial charge in [0, 0.05) is 11.3 Å². The van der Waals surface area contributed by atoms with Crippen LogP contribution < -0.4 is 15.4 Å². The number of ether oxygens (including phenoxy) is 1. The van der Waals surface area contributed by atoms with Gasteiger partial charge in [-0.05, 0) is 54.5 Å². The molecule has 2 aromatic carbocycles. The second-order valence-corrected chi connectivity index (χ2v) is 6.31. The normalized spacial score (nSPS) is 10.1. The van der Waals surface area contributed by atoms with Crippen molar-refractivity contribution < 1.29 is 19.4 Å². The Morgan fingerprint density at radius 2 is 1.89 bits per heavy atom. The van der Waals surface area contributed by atoms with Gasteiger partial charge < -0.3 is 15.2 Å². The van der Waals surface area contributed by atoms with Crippen LogP contribution in [0.25, 0.3) is 0 Å². The van der Waals surface area contributed by atoms with Gasteiger partial charge in [-0.25, -0.2) is 0 Å². The third kappa shape index (κ3) is 7.07. The third-order valence-corrected chi connectivity index (χ3v) is 3.86. The Labute approximate surface area is 163 Å². The average molecular weight is 386 g/mol. The van der Waals surface area contributed by atoms with E-state index in [1.54, 1.807) is 42.5 Å². The molecule has 0 saturated carbocycles. The quantitative estimate of drug-likeness (QED) is 0.474. The number of benzene rings is 2. The lowest BCUT2D eigenvalue weighted by Crippen LogP contribution is -2.34. The number of carboxylic acids is 1. The molecular weight excluding hydrogens is 364 g/mol. The number of carbonyl (C=O) groups excluding carboxylic acids is 1. The minimum absolute atomic E-state index is 0.0435. The summed E-state index contributed by atoms with van der Waals surface area (Å²) in [5.74, 6) is -0.584. The Hall–Kier alpha value is -2.93. The molecule has 142 valence electrons. The van der Waals surface area contributed by atoms with Crippen molar-refractivity contribution in [3.05, 3.63) is 59.7 Å². The van der Waals surface area contributed by atoms with Gasteiger partial charge in [-0.1, -0.05) is 31.5 Å². The number of amides is 1. The van der Waals surface area contributed by atoms with Gasteiger partial charge in [-0.2, -0.15) is 0 Å². The molecule has 0 heterocycles. The standard InChI is InChI=1S/C20H22N2O4S/c1-2-3-11-26-17-6-4-5-15(13-17)19(25)22-20(27)21-16-9-7-14(8-10-16)12-18(23)24/h4-10,13H,2-3,11-12H2,1H3,(H,23,24)(H2,21,22,25,27). The molecule has 0 spiro atoms. The highest BCUT2D eigenvalue weighted by Crippen LogP contribution is 2.14. The molecule has 0 aromatic heterocycles. The number of carbonyl (C=O) groups is 2. The molecule has 6 nitrogen and oxygen atoms in total. The maximum absolute atomic E-state index is 12.3. The van der Waals surface area contributed by atoms with E-state index in [0.29, 0.717) is 29.2 Å². The summed E-state index contributed by atoms with van der Waals surface area (Å²) in [6, 6.07) is 13.7. The Balaban J connectivity index is 1.90. The highest BCUT2D eigenvalue weighted by Gasteiger charge is 2.09. The summed E-state index contributed by atoms with van der Waals surface area (Å²) in [6.07, 6.45) is 1.95. The van der Waals surface area contributed by atoms with Gasteiger partial charge in [0.05, 0.1) is 13.0 Å². The maximum atomic E-state index is 12.3. The highest BCUT2D eigenvalue weighted by molar-refractivity contribution is 7.80. The van der Waals surface area contributed by atoms with E-state index in [1.807, 2.05) is 6.07 Å². The van der Waals surface area contributed by atoms with Gasteiger partial charge in [-0.15, -0.1) is 0 Å². The number of unbranched alkanes of at least 4 members (excludes halogenated alkanes) is 1. The number of hydrogen-bond acceptors (Lipinski definition) is 4. The van der Waals surface area contributed by atoms with Crippen molar-refractivity contribution in [1.29, 1.82) is 0 Å². The third-order valence-electron chi connectivity index (χ3n) is 3.66. The molecular formula is C20H22N2O4S. The summed E-state index contributed by atoms with van der Waals surface area (Å²) in [7, 11) is 0. The average Bonchev–Trinajstić information content (AvgIpc) is 2.63. The molecule has 2 aromatic rings. The molecule has 0 aliphatic heterocycles. The van der Waals surface area contributed by atoms with Gasteiger partial charge in [-0.3, -0.25) is 14.9 Å². The fourth-order valence-electron chi connectivity index (χ4n) is 2.28. The second kappa shape index (κ2) is 10.3. The first kappa shape index (κ1) is 20.4. The first-order chi connectivity index (χ1) is 13.0. The van der Waals surface area contributed by atoms with Crippen LogP contribution in [0.4, 0.5) is 5.69 Å². The predicted octanol–water partition coefficient (Wildman–Crippen LogP) is 3.62. The van der Waals surface area contributed by atoms with Crippen LogP contribution in [0.5, 0.6) is 5.75 Å². The van der Waals surface area contributed by atoms with Gasteiger partial charge in [0.1, 0.15) is 5.75 Å². The molecule has 27 heavy (non-hydrogen) atoms. The van der Waals surface area contributed by atoms with E-state index in [1.165, 1.54) is 0 Å². The van der Waals surface area contributed by atoms with Crippen molar-refractivity contribution in [3.63, 3.8) is 0 Å². The van der Waals surface area contributed by atoms with E-state index in [-0.39, 0.29) is 17.4 Å². The first-order valence-corrected chi connectivity index (χ1v) is 9.04. The van der Waals surface area contributed by atoms with Crippen LogP contribution in [0.2, 0.25) is 0 Å². The summed E-state index contributed by atoms with van der Waals surface area (Å²) in [4.78, 5) is 23.0. The molecule has 0 unspecified atom stereocenters. The van der Waals surface area contributed by atoms with E-state index in [9.17, 15) is 9.59 Å². The van der Waals surface area contributed by atoms with E-state index < -0.39 is 5.97 Å². The summed E-state index contributed by atoms with van der Waals surface area (Å²) in [6.45, 7) is 2.69. The molecule has 0 radical (unpaired) electrons. The highest BCUT2D eigenvalue weighted by atomic mass is 32.1. The van der Waals surface area contributed by atoms with E-state index >= 15 is 0 Å². The molecule has 2 rings (SSSR count). The lowest BCUT2D eigenvalue weighted by atomic mass is 10.1. The van der Waals surface area contributed by atoms with E-state index in [4.69, 9.17) is 22.1 Å². The summed E-state index contributed by atoms with van der Waals surface area (Å²) < 4.78 is 5.61. The number of anilines is 1. The molecule has 3 N–H and O–H groups in total. The monoisotopic (exact) mass is 386 g/mol. The number of thiocarbonyl (C=S) groups is 1. The van der Waals surface area contributed by atoms with Gasteiger partial charge in [0.2, 0.25) is 0 Å². The lowest BCUT2D eigenvalue weighted by Gasteiger charge is -2.11. The number of nitrogens with one attached hydrogen (secondary N) is 2. The zero-order valence-corrected chi connectivity index (χ0v) is 15.8. The van der Waals surface area contributed by atoms with Crippen molar-refractivity contribution in [1.82, 2.24) is 5.32 Å². The van der Waals surface area contributed by atoms with Gasteiger partial charge in [0.15, 0.2) is 5.11 Å². The van der Waals surface area contributed by atoms with Crippen molar-refractivity contribution in [2.24, 2.45) is 0 Å². The maximum Gasteiger partial charge on any atom is 0.307 e. The Kier molecular flexibility index (Phi) is 7.76. The summed E-state index contributed by atoms with van der Waals surface area (Å²) in [5, 5.41) is 14.5. The smallest absolute Gasteiger partial charge is 0.307 e. The molecule has 0 aliphatic rings. The van der Waals surface area contributed by atoms with Gasteiger partial charge in [0.25, 0.3) is 5.91 Å². The van der Waals surface area contributed by atoms with E-state index in [2.05, 4.69) is 17.6 Å². The molecule has 0 aliphatic carbocycles. The number of hydrogen-bond donors (Lipinski definition) is 3. The Morgan fingerprint density at radius 1 is 1.15 bits per heavy atom. The largest absolute Gasteiger partial charge is 0.494 e. The number of carboxylic acid groups (broad SMARTS) is 1. The molecule has 0 atom stereocenters. The minimum Gasteiger partial charge on any atom is -0.494 e. The van der Waals surface area contributed by atoms with Crippen molar-refractivity contribution in [2.75, 3.05) is 11.9 Å². The zero-order valence-electron chi connectivity index (χ0n) is 15.0. The number of rotatable bonds is 8. The van der Waals surface area contributed by atoms with E-state index in [0.717, 1.165) is 12.8 Å². The van der Waals surface area contributed by atoms with Crippen LogP contribution in [0.15, 0.2) is 48.5 Å². The van der Waals surface area contributed by atoms with Crippen LogP contribution in [-0.2, 0) is 11.2 Å². The fourth-order valence-corrected chi connectivity index (χ4v) is 2.49. The van der Waals surface area contributed by atoms with Crippen molar-refractivity contribution in [3.8, 4) is 5.75 Å². The molecule has 0 bridgehead atoms. The van der Waals surface area contributed by atoms with Crippen LogP contribution in [0.3, 0.4) is 0 Å². The van der Waals surface area contributed by atoms with Crippen molar-refractivity contribution >= 4 is 34.9 Å². The second-order valence-electron chi connectivity index (χ2n) is 5.91. The molecule has 1 amide bonds. The predicted molar refractivity (Wildman–Crippen MR) is 108 cm³/mol. The van der Waals surface area contributed by atoms with Gasteiger partial charge >= 0.3 is 5.97 Å². The van der Waals surface area contributed by atoms with Crippen LogP contribution in [0.1, 0.15) is 35.7 Å². The summed E-state index contributed by atoms with van der Waals surface area (Å²) >= 11 is 5.17. The van der Waals surface area contributed by atoms with Crippen molar-refractivity contribution in [2.45, 2.75) is 26.2 Å². The lowest BCUT2D eigenvalue weighted by molar-refractivity contribution is -0.136. The van der Waals surface area contributed by atoms with Crippen LogP contribution >= 0.6 is 12.2 Å². The molecule has 7 heteroatoms. The topological polar surface area (TPSA) is 87.7 Å².